The minimum atomic E-state index is -1.16. The van der Waals surface area contributed by atoms with E-state index < -0.39 is 17.3 Å². The van der Waals surface area contributed by atoms with Gasteiger partial charge in [-0.15, -0.1) is 0 Å². The van der Waals surface area contributed by atoms with E-state index >= 15 is 0 Å². The Labute approximate surface area is 164 Å². The number of amides is 2. The average Bonchev–Trinajstić information content (AvgIpc) is 2.60. The summed E-state index contributed by atoms with van der Waals surface area (Å²) >= 11 is 6.28. The lowest BCUT2D eigenvalue weighted by Crippen LogP contribution is -2.38. The molecule has 0 saturated heterocycles. The van der Waals surface area contributed by atoms with Gasteiger partial charge in [-0.05, 0) is 44.9 Å². The normalized spacial score (nSPS) is 15.3. The standard InChI is InChI=1S/C20H27ClN2O4/c1-20(2,19(26)27)12-17(24)22-13-9-10-15(16(21)11-13)18(25)23(3)14-7-5-4-6-8-14/h9-11,14H,4-8,12H2,1-3H3,(H,22,24)(H,26,27). The Kier molecular flexibility index (Phi) is 6.87. The van der Waals surface area contributed by atoms with Crippen molar-refractivity contribution >= 4 is 35.1 Å². The number of hydrogen-bond donors (Lipinski definition) is 2. The minimum Gasteiger partial charge on any atom is -0.481 e. The number of nitrogens with one attached hydrogen (secondary N) is 1. The first kappa shape index (κ1) is 21.2. The van der Waals surface area contributed by atoms with Crippen LogP contribution in [0.1, 0.15) is 62.7 Å². The maximum absolute atomic E-state index is 12.7. The predicted octanol–water partition coefficient (Wildman–Crippen LogP) is 4.18. The average molecular weight is 395 g/mol. The van der Waals surface area contributed by atoms with E-state index in [0.29, 0.717) is 11.3 Å². The molecule has 0 aliphatic heterocycles. The lowest BCUT2D eigenvalue weighted by molar-refractivity contribution is -0.148. The molecule has 148 valence electrons. The predicted molar refractivity (Wildman–Crippen MR) is 105 cm³/mol. The van der Waals surface area contributed by atoms with Crippen molar-refractivity contribution in [3.63, 3.8) is 0 Å². The summed E-state index contributed by atoms with van der Waals surface area (Å²) in [5, 5.41) is 12.0. The van der Waals surface area contributed by atoms with Crippen molar-refractivity contribution in [3.8, 4) is 0 Å². The number of benzene rings is 1. The number of nitrogens with zero attached hydrogens (tertiary/aromatic N) is 1. The first-order chi connectivity index (χ1) is 12.6. The molecular weight excluding hydrogens is 368 g/mol. The van der Waals surface area contributed by atoms with Gasteiger partial charge in [-0.1, -0.05) is 30.9 Å². The fourth-order valence-corrected chi connectivity index (χ4v) is 3.53. The number of anilines is 1. The number of carbonyl (C=O) groups is 3. The molecule has 1 aliphatic rings. The van der Waals surface area contributed by atoms with E-state index in [-0.39, 0.29) is 23.4 Å². The number of carboxylic acid groups (broad SMARTS) is 1. The second-order valence-electron chi connectivity index (χ2n) is 7.82. The zero-order valence-electron chi connectivity index (χ0n) is 16.0. The van der Waals surface area contributed by atoms with Crippen LogP contribution in [0.2, 0.25) is 5.02 Å². The van der Waals surface area contributed by atoms with Crippen LogP contribution in [0.4, 0.5) is 5.69 Å². The van der Waals surface area contributed by atoms with Crippen molar-refractivity contribution in [2.24, 2.45) is 5.41 Å². The molecule has 1 aromatic rings. The smallest absolute Gasteiger partial charge is 0.309 e. The molecule has 0 heterocycles. The van der Waals surface area contributed by atoms with E-state index in [1.165, 1.54) is 26.3 Å². The molecule has 27 heavy (non-hydrogen) atoms. The second-order valence-corrected chi connectivity index (χ2v) is 8.22. The molecule has 2 rings (SSSR count). The molecule has 2 amide bonds. The van der Waals surface area contributed by atoms with Crippen molar-refractivity contribution in [2.45, 2.75) is 58.4 Å². The fraction of sp³-hybridized carbons (Fsp3) is 0.550. The molecule has 0 spiro atoms. The summed E-state index contributed by atoms with van der Waals surface area (Å²) in [4.78, 5) is 37.7. The monoisotopic (exact) mass is 394 g/mol. The van der Waals surface area contributed by atoms with Crippen LogP contribution in [0.25, 0.3) is 0 Å². The summed E-state index contributed by atoms with van der Waals surface area (Å²) in [6.45, 7) is 2.98. The Hall–Kier alpha value is -2.08. The molecule has 0 radical (unpaired) electrons. The van der Waals surface area contributed by atoms with E-state index in [2.05, 4.69) is 5.32 Å². The van der Waals surface area contributed by atoms with Gasteiger partial charge in [-0.25, -0.2) is 0 Å². The second kappa shape index (κ2) is 8.74. The van der Waals surface area contributed by atoms with E-state index in [9.17, 15) is 14.4 Å². The maximum atomic E-state index is 12.7. The molecule has 1 aromatic carbocycles. The van der Waals surface area contributed by atoms with E-state index in [0.717, 1.165) is 25.7 Å². The molecule has 1 aliphatic carbocycles. The summed E-state index contributed by atoms with van der Waals surface area (Å²) in [6, 6.07) is 4.97. The zero-order chi connectivity index (χ0) is 20.2. The van der Waals surface area contributed by atoms with Crippen LogP contribution in [0.3, 0.4) is 0 Å². The minimum absolute atomic E-state index is 0.128. The van der Waals surface area contributed by atoms with Crippen LogP contribution in [-0.2, 0) is 9.59 Å². The molecule has 0 atom stereocenters. The lowest BCUT2D eigenvalue weighted by Gasteiger charge is -2.31. The summed E-state index contributed by atoms with van der Waals surface area (Å²) in [5.74, 6) is -1.59. The summed E-state index contributed by atoms with van der Waals surface area (Å²) < 4.78 is 0. The summed E-state index contributed by atoms with van der Waals surface area (Å²) in [7, 11) is 1.80. The van der Waals surface area contributed by atoms with Gasteiger partial charge in [0.1, 0.15) is 0 Å². The van der Waals surface area contributed by atoms with Crippen LogP contribution in [0.5, 0.6) is 0 Å². The number of carbonyl (C=O) groups excluding carboxylic acids is 2. The molecular formula is C20H27ClN2O4. The highest BCUT2D eigenvalue weighted by atomic mass is 35.5. The van der Waals surface area contributed by atoms with Crippen LogP contribution >= 0.6 is 11.6 Å². The molecule has 1 fully saturated rings. The number of rotatable bonds is 6. The van der Waals surface area contributed by atoms with Gasteiger partial charge >= 0.3 is 5.97 Å². The van der Waals surface area contributed by atoms with Crippen molar-refractivity contribution in [3.05, 3.63) is 28.8 Å². The van der Waals surface area contributed by atoms with Gasteiger partial charge in [0, 0.05) is 25.2 Å². The first-order valence-electron chi connectivity index (χ1n) is 9.22. The third kappa shape index (κ3) is 5.45. The number of halogens is 1. The molecule has 6 nitrogen and oxygen atoms in total. The van der Waals surface area contributed by atoms with Gasteiger partial charge < -0.3 is 15.3 Å². The highest BCUT2D eigenvalue weighted by Gasteiger charge is 2.30. The number of carboxylic acids is 1. The highest BCUT2D eigenvalue weighted by Crippen LogP contribution is 2.27. The van der Waals surface area contributed by atoms with Crippen molar-refractivity contribution < 1.29 is 19.5 Å². The third-order valence-electron chi connectivity index (χ3n) is 5.11. The van der Waals surface area contributed by atoms with Gasteiger partial charge in [0.15, 0.2) is 0 Å². The van der Waals surface area contributed by atoms with Crippen LogP contribution in [0.15, 0.2) is 18.2 Å². The molecule has 0 aromatic heterocycles. The first-order valence-corrected chi connectivity index (χ1v) is 9.59. The van der Waals surface area contributed by atoms with Gasteiger partial charge in [-0.2, -0.15) is 0 Å². The molecule has 0 bridgehead atoms. The van der Waals surface area contributed by atoms with Crippen LogP contribution in [-0.4, -0.2) is 40.9 Å². The van der Waals surface area contributed by atoms with E-state index in [1.807, 2.05) is 0 Å². The van der Waals surface area contributed by atoms with Gasteiger partial charge in [0.25, 0.3) is 5.91 Å². The largest absolute Gasteiger partial charge is 0.481 e. The fourth-order valence-electron chi connectivity index (χ4n) is 3.27. The van der Waals surface area contributed by atoms with Gasteiger partial charge in [-0.3, -0.25) is 14.4 Å². The van der Waals surface area contributed by atoms with Crippen LogP contribution in [0, 0.1) is 5.41 Å². The Balaban J connectivity index is 2.05. The van der Waals surface area contributed by atoms with Gasteiger partial charge in [0.2, 0.25) is 5.91 Å². The van der Waals surface area contributed by atoms with Crippen molar-refractivity contribution in [1.82, 2.24) is 4.90 Å². The maximum Gasteiger partial charge on any atom is 0.309 e. The van der Waals surface area contributed by atoms with Gasteiger partial charge in [0.05, 0.1) is 16.0 Å². The summed E-state index contributed by atoms with van der Waals surface area (Å²) in [6.07, 6.45) is 5.33. The Morgan fingerprint density at radius 3 is 2.41 bits per heavy atom. The summed E-state index contributed by atoms with van der Waals surface area (Å²) in [5.41, 5.74) is -0.330. The highest BCUT2D eigenvalue weighted by molar-refractivity contribution is 6.34. The topological polar surface area (TPSA) is 86.7 Å². The quantitative estimate of drug-likeness (QED) is 0.757. The molecule has 2 N–H and O–H groups in total. The molecule has 0 unspecified atom stereocenters. The lowest BCUT2D eigenvalue weighted by atomic mass is 9.89. The van der Waals surface area contributed by atoms with Crippen LogP contribution < -0.4 is 5.32 Å². The Morgan fingerprint density at radius 2 is 1.85 bits per heavy atom. The van der Waals surface area contributed by atoms with Crippen molar-refractivity contribution in [2.75, 3.05) is 12.4 Å². The number of hydrogen-bond acceptors (Lipinski definition) is 3. The SMILES string of the molecule is CN(C(=O)c1ccc(NC(=O)CC(C)(C)C(=O)O)cc1Cl)C1CCCCC1. The molecule has 1 saturated carbocycles. The van der Waals surface area contributed by atoms with Crippen molar-refractivity contribution in [1.29, 1.82) is 0 Å². The Morgan fingerprint density at radius 1 is 1.22 bits per heavy atom. The van der Waals surface area contributed by atoms with E-state index in [1.54, 1.807) is 24.1 Å². The third-order valence-corrected chi connectivity index (χ3v) is 5.42. The zero-order valence-corrected chi connectivity index (χ0v) is 16.8. The molecule has 7 heteroatoms. The Bertz CT molecular complexity index is 727. The van der Waals surface area contributed by atoms with E-state index in [4.69, 9.17) is 16.7 Å². The number of aliphatic carboxylic acids is 1.